The number of para-hydroxylation sites is 2. The summed E-state index contributed by atoms with van der Waals surface area (Å²) in [6.45, 7) is 0.465. The zero-order chi connectivity index (χ0) is 19.2. The highest BCUT2D eigenvalue weighted by molar-refractivity contribution is 5.93. The van der Waals surface area contributed by atoms with Gasteiger partial charge >= 0.3 is 6.03 Å². The second-order valence-corrected chi connectivity index (χ2v) is 7.40. The Morgan fingerprint density at radius 3 is 2.56 bits per heavy atom. The summed E-state index contributed by atoms with van der Waals surface area (Å²) in [5, 5.41) is 5.98. The number of urea groups is 1. The van der Waals surface area contributed by atoms with Gasteiger partial charge in [0.25, 0.3) is 0 Å². The molecule has 0 aliphatic heterocycles. The summed E-state index contributed by atoms with van der Waals surface area (Å²) < 4.78 is 5.50. The highest BCUT2D eigenvalue weighted by Gasteiger charge is 2.22. The Labute approximate surface area is 161 Å². The van der Waals surface area contributed by atoms with Crippen LogP contribution in [-0.4, -0.2) is 44.7 Å². The maximum absolute atomic E-state index is 12.5. The molecule has 1 aromatic carbocycles. The first-order chi connectivity index (χ1) is 13.1. The lowest BCUT2D eigenvalue weighted by atomic mass is 10.1. The molecule has 1 heterocycles. The Hall–Kier alpha value is -2.47. The van der Waals surface area contributed by atoms with Gasteiger partial charge in [-0.1, -0.05) is 25.0 Å². The summed E-state index contributed by atoms with van der Waals surface area (Å²) >= 11 is 0. The van der Waals surface area contributed by atoms with Gasteiger partial charge in [0.2, 0.25) is 0 Å². The molecule has 0 spiro atoms. The van der Waals surface area contributed by atoms with Crippen molar-refractivity contribution in [3.05, 3.63) is 48.4 Å². The van der Waals surface area contributed by atoms with E-state index in [9.17, 15) is 4.79 Å². The molecule has 6 heteroatoms. The van der Waals surface area contributed by atoms with Gasteiger partial charge in [-0.2, -0.15) is 0 Å². The van der Waals surface area contributed by atoms with Gasteiger partial charge in [0.05, 0.1) is 23.7 Å². The average molecular weight is 370 g/mol. The lowest BCUT2D eigenvalue weighted by molar-refractivity contribution is 0.233. The van der Waals surface area contributed by atoms with Gasteiger partial charge in [-0.15, -0.1) is 0 Å². The number of anilines is 2. The minimum atomic E-state index is -0.208. The van der Waals surface area contributed by atoms with E-state index >= 15 is 0 Å². The summed E-state index contributed by atoms with van der Waals surface area (Å²) in [5.41, 5.74) is 1.90. The molecule has 1 aliphatic rings. The van der Waals surface area contributed by atoms with E-state index in [0.717, 1.165) is 17.1 Å². The molecule has 27 heavy (non-hydrogen) atoms. The maximum Gasteiger partial charge on any atom is 0.319 e. The normalized spacial score (nSPS) is 15.7. The van der Waals surface area contributed by atoms with Crippen molar-refractivity contribution in [1.82, 2.24) is 10.2 Å². The van der Waals surface area contributed by atoms with Crippen molar-refractivity contribution in [2.75, 3.05) is 37.9 Å². The standard InChI is InChI=1S/C21H30N4O2/c1-24(2)19(20-13-8-14-27-20)15-22-21(26)23-17-11-6-7-12-18(17)25(3)16-9-4-5-10-16/h6-8,11-14,16,19H,4-5,9-10,15H2,1-3H3,(H2,22,23,26)/t19-/m0/s1. The summed E-state index contributed by atoms with van der Waals surface area (Å²) in [6.07, 6.45) is 6.64. The van der Waals surface area contributed by atoms with Crippen LogP contribution in [0.4, 0.5) is 16.2 Å². The molecule has 3 rings (SSSR count). The van der Waals surface area contributed by atoms with Crippen molar-refractivity contribution in [2.24, 2.45) is 0 Å². The first-order valence-electron chi connectivity index (χ1n) is 9.63. The first kappa shape index (κ1) is 19.3. The molecule has 1 fully saturated rings. The fourth-order valence-electron chi connectivity index (χ4n) is 3.75. The molecule has 1 atom stereocenters. The van der Waals surface area contributed by atoms with E-state index in [-0.39, 0.29) is 12.1 Å². The molecule has 0 radical (unpaired) electrons. The molecule has 6 nitrogen and oxygen atoms in total. The van der Waals surface area contributed by atoms with Crippen molar-refractivity contribution in [1.29, 1.82) is 0 Å². The second kappa shape index (κ2) is 8.95. The number of nitrogens with zero attached hydrogens (tertiary/aromatic N) is 2. The van der Waals surface area contributed by atoms with Crippen LogP contribution in [-0.2, 0) is 0 Å². The SMILES string of the molecule is CN(c1ccccc1NC(=O)NC[C@@H](c1ccco1)N(C)C)C1CCCC1. The summed E-state index contributed by atoms with van der Waals surface area (Å²) in [5.74, 6) is 0.835. The van der Waals surface area contributed by atoms with Crippen LogP contribution in [0.25, 0.3) is 0 Å². The number of nitrogens with one attached hydrogen (secondary N) is 2. The third-order valence-corrected chi connectivity index (χ3v) is 5.36. The molecular formula is C21H30N4O2. The van der Waals surface area contributed by atoms with Crippen LogP contribution >= 0.6 is 0 Å². The molecule has 2 aromatic rings. The van der Waals surface area contributed by atoms with Crippen LogP contribution in [0.5, 0.6) is 0 Å². The van der Waals surface area contributed by atoms with Crippen LogP contribution < -0.4 is 15.5 Å². The predicted octanol–water partition coefficient (Wildman–Crippen LogP) is 4.08. The molecule has 1 aliphatic carbocycles. The van der Waals surface area contributed by atoms with Crippen LogP contribution in [0.3, 0.4) is 0 Å². The molecule has 2 amide bonds. The molecule has 0 unspecified atom stereocenters. The topological polar surface area (TPSA) is 60.8 Å². The zero-order valence-electron chi connectivity index (χ0n) is 16.4. The number of carbonyl (C=O) groups excluding carboxylic acids is 1. The van der Waals surface area contributed by atoms with Crippen LogP contribution in [0.2, 0.25) is 0 Å². The van der Waals surface area contributed by atoms with Crippen molar-refractivity contribution >= 4 is 17.4 Å². The molecule has 146 valence electrons. The fourth-order valence-corrected chi connectivity index (χ4v) is 3.75. The predicted molar refractivity (Wildman–Crippen MR) is 109 cm³/mol. The summed E-state index contributed by atoms with van der Waals surface area (Å²) in [7, 11) is 6.06. The van der Waals surface area contributed by atoms with E-state index in [1.165, 1.54) is 25.7 Å². The van der Waals surface area contributed by atoms with Crippen LogP contribution in [0.1, 0.15) is 37.5 Å². The third kappa shape index (κ3) is 4.83. The minimum absolute atomic E-state index is 0.0119. The van der Waals surface area contributed by atoms with Crippen molar-refractivity contribution in [3.63, 3.8) is 0 Å². The lowest BCUT2D eigenvalue weighted by Gasteiger charge is -2.29. The van der Waals surface area contributed by atoms with Crippen LogP contribution in [0, 0.1) is 0 Å². The van der Waals surface area contributed by atoms with Gasteiger partial charge in [0.15, 0.2) is 0 Å². The number of amides is 2. The van der Waals surface area contributed by atoms with E-state index in [1.54, 1.807) is 6.26 Å². The molecular weight excluding hydrogens is 340 g/mol. The van der Waals surface area contributed by atoms with E-state index in [2.05, 4.69) is 28.6 Å². The quantitative estimate of drug-likeness (QED) is 0.771. The minimum Gasteiger partial charge on any atom is -0.468 e. The van der Waals surface area contributed by atoms with Crippen LogP contribution in [0.15, 0.2) is 47.1 Å². The Bertz CT molecular complexity index is 724. The smallest absolute Gasteiger partial charge is 0.319 e. The average Bonchev–Trinajstić information content (AvgIpc) is 3.36. The highest BCUT2D eigenvalue weighted by Crippen LogP contribution is 2.31. The van der Waals surface area contributed by atoms with Gasteiger partial charge in [-0.3, -0.25) is 4.90 Å². The van der Waals surface area contributed by atoms with E-state index in [0.29, 0.717) is 12.6 Å². The van der Waals surface area contributed by atoms with Crippen molar-refractivity contribution in [2.45, 2.75) is 37.8 Å². The lowest BCUT2D eigenvalue weighted by Crippen LogP contribution is -2.37. The monoisotopic (exact) mass is 370 g/mol. The van der Waals surface area contributed by atoms with Gasteiger partial charge < -0.3 is 20.0 Å². The Morgan fingerprint density at radius 2 is 1.89 bits per heavy atom. The fraction of sp³-hybridized carbons (Fsp3) is 0.476. The maximum atomic E-state index is 12.5. The number of rotatable bonds is 7. The Morgan fingerprint density at radius 1 is 1.15 bits per heavy atom. The van der Waals surface area contributed by atoms with Gasteiger partial charge in [-0.05, 0) is 51.2 Å². The number of likely N-dealkylation sites (N-methyl/N-ethyl adjacent to an activating group) is 1. The third-order valence-electron chi connectivity index (χ3n) is 5.36. The number of carbonyl (C=O) groups is 1. The van der Waals surface area contributed by atoms with Crippen molar-refractivity contribution in [3.8, 4) is 0 Å². The number of furan rings is 1. The Balaban J connectivity index is 1.62. The summed E-state index contributed by atoms with van der Waals surface area (Å²) in [4.78, 5) is 16.8. The number of benzene rings is 1. The molecule has 1 aromatic heterocycles. The van der Waals surface area contributed by atoms with E-state index < -0.39 is 0 Å². The largest absolute Gasteiger partial charge is 0.468 e. The molecule has 0 saturated heterocycles. The highest BCUT2D eigenvalue weighted by atomic mass is 16.3. The van der Waals surface area contributed by atoms with Gasteiger partial charge in [0, 0.05) is 19.6 Å². The van der Waals surface area contributed by atoms with E-state index in [1.807, 2.05) is 49.3 Å². The first-order valence-corrected chi connectivity index (χ1v) is 9.63. The number of hydrogen-bond donors (Lipinski definition) is 2. The molecule has 0 bridgehead atoms. The zero-order valence-corrected chi connectivity index (χ0v) is 16.4. The summed E-state index contributed by atoms with van der Waals surface area (Å²) in [6, 6.07) is 12.1. The van der Waals surface area contributed by atoms with Gasteiger partial charge in [-0.25, -0.2) is 4.79 Å². The Kier molecular flexibility index (Phi) is 6.40. The van der Waals surface area contributed by atoms with Crippen molar-refractivity contribution < 1.29 is 9.21 Å². The molecule has 1 saturated carbocycles. The number of hydrogen-bond acceptors (Lipinski definition) is 4. The van der Waals surface area contributed by atoms with E-state index in [4.69, 9.17) is 4.42 Å². The molecule has 2 N–H and O–H groups in total. The van der Waals surface area contributed by atoms with Gasteiger partial charge in [0.1, 0.15) is 5.76 Å². The second-order valence-electron chi connectivity index (χ2n) is 7.40.